The number of imidazole rings is 1. The SMILES string of the molecule is CCC(C)c1ccc(CC(=O)c2ccc3nc(-c4c(Cl)cccc4Cl)[nH]c3c2)cc1. The summed E-state index contributed by atoms with van der Waals surface area (Å²) in [6.07, 6.45) is 1.47. The van der Waals surface area contributed by atoms with Gasteiger partial charge in [0, 0.05) is 12.0 Å². The number of halogens is 2. The number of carbonyl (C=O) groups is 1. The lowest BCUT2D eigenvalue weighted by Gasteiger charge is -2.09. The predicted octanol–water partition coefficient (Wildman–Crippen LogP) is 7.48. The Kier molecular flexibility index (Phi) is 5.94. The highest BCUT2D eigenvalue weighted by atomic mass is 35.5. The number of hydrogen-bond donors (Lipinski definition) is 1. The first-order valence-corrected chi connectivity index (χ1v) is 10.8. The van der Waals surface area contributed by atoms with Crippen LogP contribution in [0, 0.1) is 0 Å². The van der Waals surface area contributed by atoms with Crippen LogP contribution >= 0.6 is 23.2 Å². The number of aromatic amines is 1. The average molecular weight is 437 g/mol. The van der Waals surface area contributed by atoms with E-state index in [0.29, 0.717) is 39.3 Å². The molecule has 0 saturated carbocycles. The van der Waals surface area contributed by atoms with E-state index in [2.05, 4.69) is 35.9 Å². The summed E-state index contributed by atoms with van der Waals surface area (Å²) in [7, 11) is 0. The van der Waals surface area contributed by atoms with Crippen molar-refractivity contribution in [2.24, 2.45) is 0 Å². The smallest absolute Gasteiger partial charge is 0.167 e. The van der Waals surface area contributed by atoms with E-state index in [9.17, 15) is 4.79 Å². The number of fused-ring (bicyclic) bond motifs is 1. The molecule has 0 aliphatic carbocycles. The average Bonchev–Trinajstić information content (AvgIpc) is 3.16. The summed E-state index contributed by atoms with van der Waals surface area (Å²) in [5.74, 6) is 1.18. The standard InChI is InChI=1S/C25H22Cl2N2O/c1-3-15(2)17-9-7-16(8-10-17)13-23(30)18-11-12-21-22(14-18)29-25(28-21)24-19(26)5-4-6-20(24)27/h4-12,14-15H,3,13H2,1-2H3,(H,28,29). The molecule has 0 aliphatic heterocycles. The summed E-state index contributed by atoms with van der Waals surface area (Å²) in [5, 5.41) is 1.05. The van der Waals surface area contributed by atoms with Crippen LogP contribution in [0.25, 0.3) is 22.4 Å². The molecule has 3 aromatic carbocycles. The first-order chi connectivity index (χ1) is 14.5. The highest BCUT2D eigenvalue weighted by Crippen LogP contribution is 2.34. The van der Waals surface area contributed by atoms with Gasteiger partial charge in [0.2, 0.25) is 0 Å². The van der Waals surface area contributed by atoms with Crippen LogP contribution in [0.15, 0.2) is 60.7 Å². The third-order valence-electron chi connectivity index (χ3n) is 5.53. The van der Waals surface area contributed by atoms with Gasteiger partial charge in [0.05, 0.1) is 26.6 Å². The molecular weight excluding hydrogens is 415 g/mol. The van der Waals surface area contributed by atoms with Gasteiger partial charge in [-0.1, -0.05) is 67.4 Å². The Morgan fingerprint density at radius 1 is 1.03 bits per heavy atom. The lowest BCUT2D eigenvalue weighted by atomic mass is 9.96. The van der Waals surface area contributed by atoms with E-state index in [4.69, 9.17) is 23.2 Å². The summed E-state index contributed by atoms with van der Waals surface area (Å²) in [5.41, 5.74) is 5.16. The van der Waals surface area contributed by atoms with Gasteiger partial charge in [0.25, 0.3) is 0 Å². The predicted molar refractivity (Wildman–Crippen MR) is 125 cm³/mol. The lowest BCUT2D eigenvalue weighted by Crippen LogP contribution is -2.03. The van der Waals surface area contributed by atoms with Gasteiger partial charge in [-0.25, -0.2) is 4.98 Å². The minimum atomic E-state index is 0.0696. The maximum absolute atomic E-state index is 12.8. The second-order valence-electron chi connectivity index (χ2n) is 7.56. The van der Waals surface area contributed by atoms with Crippen molar-refractivity contribution < 1.29 is 4.79 Å². The molecule has 0 fully saturated rings. The molecule has 0 spiro atoms. The summed E-state index contributed by atoms with van der Waals surface area (Å²) >= 11 is 12.6. The van der Waals surface area contributed by atoms with Crippen molar-refractivity contribution in [3.63, 3.8) is 0 Å². The van der Waals surface area contributed by atoms with Crippen molar-refractivity contribution in [3.8, 4) is 11.4 Å². The fraction of sp³-hybridized carbons (Fsp3) is 0.200. The van der Waals surface area contributed by atoms with E-state index in [1.165, 1.54) is 5.56 Å². The molecule has 5 heteroatoms. The second kappa shape index (κ2) is 8.63. The zero-order chi connectivity index (χ0) is 21.3. The molecule has 0 saturated heterocycles. The van der Waals surface area contributed by atoms with Gasteiger partial charge < -0.3 is 4.98 Å². The normalized spacial score (nSPS) is 12.3. The van der Waals surface area contributed by atoms with Crippen LogP contribution < -0.4 is 0 Å². The summed E-state index contributed by atoms with van der Waals surface area (Å²) in [6, 6.07) is 19.2. The number of rotatable bonds is 6. The van der Waals surface area contributed by atoms with Gasteiger partial charge in [0.1, 0.15) is 5.82 Å². The quantitative estimate of drug-likeness (QED) is 0.318. The van der Waals surface area contributed by atoms with Gasteiger partial charge in [-0.05, 0) is 53.8 Å². The van der Waals surface area contributed by atoms with Crippen molar-refractivity contribution in [1.82, 2.24) is 9.97 Å². The van der Waals surface area contributed by atoms with Crippen LogP contribution in [-0.2, 0) is 6.42 Å². The minimum Gasteiger partial charge on any atom is -0.338 e. The van der Waals surface area contributed by atoms with Crippen molar-refractivity contribution in [2.45, 2.75) is 32.6 Å². The Hall–Kier alpha value is -2.62. The van der Waals surface area contributed by atoms with Crippen LogP contribution in [0.4, 0.5) is 0 Å². The molecule has 0 aliphatic rings. The second-order valence-corrected chi connectivity index (χ2v) is 8.38. The zero-order valence-electron chi connectivity index (χ0n) is 16.9. The van der Waals surface area contributed by atoms with E-state index in [-0.39, 0.29) is 5.78 Å². The van der Waals surface area contributed by atoms with Gasteiger partial charge >= 0.3 is 0 Å². The molecule has 4 rings (SSSR count). The van der Waals surface area contributed by atoms with Crippen LogP contribution in [-0.4, -0.2) is 15.8 Å². The number of benzene rings is 3. The Balaban J connectivity index is 1.58. The highest BCUT2D eigenvalue weighted by molar-refractivity contribution is 6.39. The van der Waals surface area contributed by atoms with E-state index >= 15 is 0 Å². The minimum absolute atomic E-state index is 0.0696. The van der Waals surface area contributed by atoms with Gasteiger partial charge in [0.15, 0.2) is 5.78 Å². The molecule has 1 N–H and O–H groups in total. The van der Waals surface area contributed by atoms with Gasteiger partial charge in [-0.2, -0.15) is 0 Å². The van der Waals surface area contributed by atoms with Crippen LogP contribution in [0.5, 0.6) is 0 Å². The number of H-pyrrole nitrogens is 1. The largest absolute Gasteiger partial charge is 0.338 e. The Labute approximate surface area is 186 Å². The molecule has 1 unspecified atom stereocenters. The Morgan fingerprint density at radius 2 is 1.73 bits per heavy atom. The molecule has 152 valence electrons. The van der Waals surface area contributed by atoms with Crippen LogP contribution in [0.1, 0.15) is 47.7 Å². The highest BCUT2D eigenvalue weighted by Gasteiger charge is 2.15. The van der Waals surface area contributed by atoms with Crippen molar-refractivity contribution in [3.05, 3.63) is 87.4 Å². The first kappa shape index (κ1) is 20.6. The lowest BCUT2D eigenvalue weighted by molar-refractivity contribution is 0.0993. The third-order valence-corrected chi connectivity index (χ3v) is 6.16. The molecule has 1 atom stereocenters. The summed E-state index contributed by atoms with van der Waals surface area (Å²) in [6.45, 7) is 4.39. The molecule has 0 radical (unpaired) electrons. The Bertz CT molecular complexity index is 1190. The number of nitrogens with one attached hydrogen (secondary N) is 1. The van der Waals surface area contributed by atoms with Crippen molar-refractivity contribution >= 4 is 40.0 Å². The number of aromatic nitrogens is 2. The molecule has 3 nitrogen and oxygen atoms in total. The van der Waals surface area contributed by atoms with Gasteiger partial charge in [-0.15, -0.1) is 0 Å². The Morgan fingerprint density at radius 3 is 2.40 bits per heavy atom. The zero-order valence-corrected chi connectivity index (χ0v) is 18.4. The first-order valence-electron chi connectivity index (χ1n) is 10.0. The van der Waals surface area contributed by atoms with E-state index in [1.54, 1.807) is 18.2 Å². The van der Waals surface area contributed by atoms with E-state index in [1.807, 2.05) is 30.3 Å². The number of hydrogen-bond acceptors (Lipinski definition) is 2. The fourth-order valence-corrected chi connectivity index (χ4v) is 4.09. The van der Waals surface area contributed by atoms with E-state index < -0.39 is 0 Å². The maximum atomic E-state index is 12.8. The number of Topliss-reactive ketones (excluding diaryl/α,β-unsaturated/α-hetero) is 1. The molecule has 1 heterocycles. The molecule has 30 heavy (non-hydrogen) atoms. The number of carbonyl (C=O) groups excluding carboxylic acids is 1. The van der Waals surface area contributed by atoms with Crippen molar-refractivity contribution in [1.29, 1.82) is 0 Å². The molecule has 0 amide bonds. The molecule has 1 aromatic heterocycles. The maximum Gasteiger partial charge on any atom is 0.167 e. The summed E-state index contributed by atoms with van der Waals surface area (Å²) < 4.78 is 0. The number of ketones is 1. The monoisotopic (exact) mass is 436 g/mol. The van der Waals surface area contributed by atoms with Gasteiger partial charge in [-0.3, -0.25) is 4.79 Å². The van der Waals surface area contributed by atoms with Crippen LogP contribution in [0.2, 0.25) is 10.0 Å². The third kappa shape index (κ3) is 4.14. The van der Waals surface area contributed by atoms with Crippen molar-refractivity contribution in [2.75, 3.05) is 0 Å². The fourth-order valence-electron chi connectivity index (χ4n) is 3.51. The molecule has 0 bridgehead atoms. The number of nitrogens with zero attached hydrogens (tertiary/aromatic N) is 1. The van der Waals surface area contributed by atoms with Crippen LogP contribution in [0.3, 0.4) is 0 Å². The van der Waals surface area contributed by atoms with E-state index in [0.717, 1.165) is 23.0 Å². The molecule has 4 aromatic rings. The summed E-state index contributed by atoms with van der Waals surface area (Å²) in [4.78, 5) is 20.7. The topological polar surface area (TPSA) is 45.8 Å². The molecular formula is C25H22Cl2N2O.